The van der Waals surface area contributed by atoms with Crippen LogP contribution in [0.2, 0.25) is 0 Å². The standard InChI is InChI=1S/C16H15FN2O5/c1-22-6-2-3-7-23-11-5-4-9-8-10-14(20)18-16(21)19-15(10)24-13(9)12(11)17/h4-5,8H,2-3,6-7H2,1H3,(H,18,20,21). The van der Waals surface area contributed by atoms with Gasteiger partial charge in [-0.1, -0.05) is 0 Å². The molecule has 0 aliphatic carbocycles. The van der Waals surface area contributed by atoms with Gasteiger partial charge in [-0.2, -0.15) is 9.37 Å². The lowest BCUT2D eigenvalue weighted by atomic mass is 10.1. The van der Waals surface area contributed by atoms with E-state index < -0.39 is 17.1 Å². The summed E-state index contributed by atoms with van der Waals surface area (Å²) in [4.78, 5) is 28.6. The van der Waals surface area contributed by atoms with Crippen LogP contribution in [0.4, 0.5) is 4.39 Å². The number of hydrogen-bond donors (Lipinski definition) is 1. The van der Waals surface area contributed by atoms with Crippen molar-refractivity contribution < 1.29 is 18.3 Å². The van der Waals surface area contributed by atoms with E-state index in [9.17, 15) is 14.0 Å². The molecule has 1 N–H and O–H groups in total. The maximum atomic E-state index is 14.5. The Labute approximate surface area is 135 Å². The van der Waals surface area contributed by atoms with Crippen LogP contribution in [0.5, 0.6) is 5.75 Å². The molecule has 2 heterocycles. The van der Waals surface area contributed by atoms with Crippen LogP contribution in [-0.4, -0.2) is 30.3 Å². The Bertz CT molecular complexity index is 949. The number of fused-ring (bicyclic) bond motifs is 2. The smallest absolute Gasteiger partial charge is 0.351 e. The highest BCUT2D eigenvalue weighted by Crippen LogP contribution is 2.30. The molecule has 2 aliphatic rings. The van der Waals surface area contributed by atoms with E-state index in [2.05, 4.69) is 4.98 Å². The number of hydrogen-bond acceptors (Lipinski definition) is 6. The third kappa shape index (κ3) is 3.13. The molecule has 2 aliphatic heterocycles. The summed E-state index contributed by atoms with van der Waals surface area (Å²) in [5.41, 5.74) is -1.51. The van der Waals surface area contributed by atoms with Crippen LogP contribution in [0.1, 0.15) is 12.8 Å². The summed E-state index contributed by atoms with van der Waals surface area (Å²) >= 11 is 0. The summed E-state index contributed by atoms with van der Waals surface area (Å²) in [6, 6.07) is 4.47. The minimum absolute atomic E-state index is 0.0372. The number of aromatic amines is 1. The summed E-state index contributed by atoms with van der Waals surface area (Å²) < 4.78 is 30.2. The average Bonchev–Trinajstić information content (AvgIpc) is 2.55. The summed E-state index contributed by atoms with van der Waals surface area (Å²) in [5.74, 6) is -0.877. The lowest BCUT2D eigenvalue weighted by molar-refractivity contribution is 0.183. The molecule has 0 bridgehead atoms. The predicted octanol–water partition coefficient (Wildman–Crippen LogP) is 1.93. The Kier molecular flexibility index (Phi) is 4.57. The van der Waals surface area contributed by atoms with Crippen molar-refractivity contribution in [3.05, 3.63) is 44.9 Å². The number of unbranched alkanes of at least 4 members (excludes halogenated alkanes) is 1. The maximum Gasteiger partial charge on any atom is 0.351 e. The predicted molar refractivity (Wildman–Crippen MR) is 84.1 cm³/mol. The summed E-state index contributed by atoms with van der Waals surface area (Å²) in [6.45, 7) is 0.949. The number of H-pyrrole nitrogens is 1. The van der Waals surface area contributed by atoms with E-state index >= 15 is 0 Å². The van der Waals surface area contributed by atoms with E-state index in [0.29, 0.717) is 18.6 Å². The molecule has 0 fully saturated rings. The van der Waals surface area contributed by atoms with Crippen molar-refractivity contribution in [1.29, 1.82) is 0 Å². The van der Waals surface area contributed by atoms with E-state index in [-0.39, 0.29) is 22.8 Å². The van der Waals surface area contributed by atoms with Gasteiger partial charge in [0.15, 0.2) is 11.3 Å². The van der Waals surface area contributed by atoms with Gasteiger partial charge >= 0.3 is 5.69 Å². The van der Waals surface area contributed by atoms with Crippen molar-refractivity contribution in [2.75, 3.05) is 20.3 Å². The molecule has 0 atom stereocenters. The van der Waals surface area contributed by atoms with Gasteiger partial charge in [-0.15, -0.1) is 0 Å². The van der Waals surface area contributed by atoms with E-state index in [0.717, 1.165) is 12.8 Å². The van der Waals surface area contributed by atoms with E-state index in [1.807, 2.05) is 4.98 Å². The summed E-state index contributed by atoms with van der Waals surface area (Å²) in [6.07, 6.45) is 1.52. The molecule has 24 heavy (non-hydrogen) atoms. The van der Waals surface area contributed by atoms with Gasteiger partial charge in [0.1, 0.15) is 5.56 Å². The van der Waals surface area contributed by atoms with Crippen molar-refractivity contribution >= 4 is 11.0 Å². The monoisotopic (exact) mass is 334 g/mol. The van der Waals surface area contributed by atoms with Gasteiger partial charge < -0.3 is 13.9 Å². The molecule has 0 spiro atoms. The summed E-state index contributed by atoms with van der Waals surface area (Å²) in [5, 5.41) is 0.373. The fourth-order valence-electron chi connectivity index (χ4n) is 2.31. The first-order chi connectivity index (χ1) is 11.6. The maximum absolute atomic E-state index is 14.5. The number of aromatic nitrogens is 2. The zero-order valence-corrected chi connectivity index (χ0v) is 12.9. The van der Waals surface area contributed by atoms with Crippen molar-refractivity contribution in [2.24, 2.45) is 0 Å². The minimum atomic E-state index is -0.846. The summed E-state index contributed by atoms with van der Waals surface area (Å²) in [7, 11) is 1.61. The average molecular weight is 334 g/mol. The normalized spacial score (nSPS) is 11.2. The van der Waals surface area contributed by atoms with Gasteiger partial charge in [0.2, 0.25) is 11.7 Å². The van der Waals surface area contributed by atoms with E-state index in [1.165, 1.54) is 12.1 Å². The highest BCUT2D eigenvalue weighted by molar-refractivity contribution is 5.83. The fraction of sp³-hybridized carbons (Fsp3) is 0.312. The van der Waals surface area contributed by atoms with Crippen LogP contribution < -0.4 is 16.0 Å². The van der Waals surface area contributed by atoms with E-state index in [4.69, 9.17) is 13.9 Å². The van der Waals surface area contributed by atoms with E-state index in [1.54, 1.807) is 13.2 Å². The fourth-order valence-corrected chi connectivity index (χ4v) is 2.31. The molecular formula is C16H15FN2O5. The first-order valence-corrected chi connectivity index (χ1v) is 7.38. The molecule has 7 nitrogen and oxygen atoms in total. The number of ether oxygens (including phenoxy) is 2. The third-order valence-electron chi connectivity index (χ3n) is 3.49. The Morgan fingerprint density at radius 2 is 2.04 bits per heavy atom. The minimum Gasteiger partial charge on any atom is -0.490 e. The Morgan fingerprint density at radius 1 is 1.25 bits per heavy atom. The Balaban J connectivity index is 1.96. The van der Waals surface area contributed by atoms with Crippen LogP contribution in [-0.2, 0) is 4.74 Å². The van der Waals surface area contributed by atoms with Crippen LogP contribution in [0.25, 0.3) is 22.4 Å². The number of nitrogens with one attached hydrogen (secondary N) is 1. The lowest BCUT2D eigenvalue weighted by Crippen LogP contribution is -2.24. The van der Waals surface area contributed by atoms with Crippen LogP contribution in [0.15, 0.2) is 32.2 Å². The van der Waals surface area contributed by atoms with Crippen molar-refractivity contribution in [1.82, 2.24) is 9.97 Å². The molecule has 1 aromatic rings. The molecule has 0 saturated carbocycles. The van der Waals surface area contributed by atoms with Crippen molar-refractivity contribution in [3.8, 4) is 17.2 Å². The highest BCUT2D eigenvalue weighted by atomic mass is 19.1. The number of benzene rings is 1. The third-order valence-corrected chi connectivity index (χ3v) is 3.49. The molecule has 0 radical (unpaired) electrons. The second-order valence-electron chi connectivity index (χ2n) is 5.18. The van der Waals surface area contributed by atoms with Crippen molar-refractivity contribution in [2.45, 2.75) is 12.8 Å². The first kappa shape index (κ1) is 16.1. The molecular weight excluding hydrogens is 319 g/mol. The first-order valence-electron chi connectivity index (χ1n) is 7.38. The van der Waals surface area contributed by atoms with Gasteiger partial charge in [0.25, 0.3) is 5.56 Å². The SMILES string of the molecule is COCCCCOc1ccc2cc3c(=O)[nH]c(=O)nc-3oc2c1F. The van der Waals surface area contributed by atoms with Crippen LogP contribution in [0, 0.1) is 5.82 Å². The van der Waals surface area contributed by atoms with Crippen LogP contribution >= 0.6 is 0 Å². The molecule has 0 saturated heterocycles. The van der Waals surface area contributed by atoms with Gasteiger partial charge in [-0.05, 0) is 31.0 Å². The Hall–Kier alpha value is -2.74. The lowest BCUT2D eigenvalue weighted by Gasteiger charge is -2.10. The quantitative estimate of drug-likeness (QED) is 0.547. The van der Waals surface area contributed by atoms with Crippen molar-refractivity contribution in [3.63, 3.8) is 0 Å². The van der Waals surface area contributed by atoms with Gasteiger partial charge in [-0.3, -0.25) is 9.78 Å². The molecule has 1 aromatic carbocycles. The second kappa shape index (κ2) is 6.79. The number of halogens is 1. The zero-order chi connectivity index (χ0) is 17.1. The zero-order valence-electron chi connectivity index (χ0n) is 12.9. The molecule has 0 amide bonds. The van der Waals surface area contributed by atoms with Gasteiger partial charge in [0.05, 0.1) is 6.61 Å². The van der Waals surface area contributed by atoms with Gasteiger partial charge in [-0.25, -0.2) is 4.79 Å². The largest absolute Gasteiger partial charge is 0.490 e. The van der Waals surface area contributed by atoms with Gasteiger partial charge in [0, 0.05) is 19.1 Å². The molecule has 8 heteroatoms. The number of rotatable bonds is 6. The topological polar surface area (TPSA) is 94.4 Å². The number of methoxy groups -OCH3 is 1. The second-order valence-corrected chi connectivity index (χ2v) is 5.18. The highest BCUT2D eigenvalue weighted by Gasteiger charge is 2.18. The number of nitrogens with zero attached hydrogens (tertiary/aromatic N) is 1. The molecule has 0 aromatic heterocycles. The molecule has 0 unspecified atom stereocenters. The molecule has 126 valence electrons. The molecule has 3 rings (SSSR count). The Morgan fingerprint density at radius 3 is 2.83 bits per heavy atom. The van der Waals surface area contributed by atoms with Crippen LogP contribution in [0.3, 0.4) is 0 Å².